The Morgan fingerprint density at radius 2 is 2.22 bits per heavy atom. The standard InChI is InChI=1S/C12H17N3OS2/c1-8-5-6-17-10(8)11-13-14-12(16-11)18-7-9(2)15(3)4/h5-6,9H,7H2,1-4H3. The molecule has 18 heavy (non-hydrogen) atoms. The van der Waals surface area contributed by atoms with E-state index in [2.05, 4.69) is 49.1 Å². The highest BCUT2D eigenvalue weighted by molar-refractivity contribution is 7.99. The third-order valence-electron chi connectivity index (χ3n) is 2.79. The minimum atomic E-state index is 0.480. The van der Waals surface area contributed by atoms with Crippen LogP contribution in [0, 0.1) is 6.92 Å². The van der Waals surface area contributed by atoms with E-state index in [1.807, 2.05) is 5.38 Å². The quantitative estimate of drug-likeness (QED) is 0.789. The van der Waals surface area contributed by atoms with E-state index in [9.17, 15) is 0 Å². The summed E-state index contributed by atoms with van der Waals surface area (Å²) < 4.78 is 5.67. The Balaban J connectivity index is 2.01. The molecule has 0 bridgehead atoms. The molecule has 0 aliphatic rings. The maximum atomic E-state index is 5.67. The first-order valence-electron chi connectivity index (χ1n) is 5.75. The number of nitrogens with zero attached hydrogens (tertiary/aromatic N) is 3. The number of aromatic nitrogens is 2. The Morgan fingerprint density at radius 3 is 2.83 bits per heavy atom. The molecule has 1 unspecified atom stereocenters. The van der Waals surface area contributed by atoms with Crippen LogP contribution >= 0.6 is 23.1 Å². The lowest BCUT2D eigenvalue weighted by molar-refractivity contribution is 0.339. The van der Waals surface area contributed by atoms with Crippen molar-refractivity contribution in [3.63, 3.8) is 0 Å². The number of hydrogen-bond acceptors (Lipinski definition) is 6. The van der Waals surface area contributed by atoms with E-state index >= 15 is 0 Å². The molecule has 0 amide bonds. The maximum Gasteiger partial charge on any atom is 0.276 e. The fourth-order valence-electron chi connectivity index (χ4n) is 1.29. The Morgan fingerprint density at radius 1 is 1.44 bits per heavy atom. The van der Waals surface area contributed by atoms with Crippen molar-refractivity contribution in [3.8, 4) is 10.8 Å². The van der Waals surface area contributed by atoms with Crippen LogP contribution in [-0.2, 0) is 0 Å². The van der Waals surface area contributed by atoms with Gasteiger partial charge in [0.2, 0.25) is 0 Å². The second kappa shape index (κ2) is 5.86. The van der Waals surface area contributed by atoms with Gasteiger partial charge in [0.1, 0.15) is 0 Å². The van der Waals surface area contributed by atoms with Gasteiger partial charge in [-0.2, -0.15) is 0 Å². The number of thioether (sulfide) groups is 1. The van der Waals surface area contributed by atoms with Gasteiger partial charge in [-0.15, -0.1) is 21.5 Å². The molecule has 0 N–H and O–H groups in total. The van der Waals surface area contributed by atoms with Crippen molar-refractivity contribution in [1.29, 1.82) is 0 Å². The maximum absolute atomic E-state index is 5.67. The Hall–Kier alpha value is -0.850. The highest BCUT2D eigenvalue weighted by atomic mass is 32.2. The zero-order valence-corrected chi connectivity index (χ0v) is 12.6. The van der Waals surface area contributed by atoms with Gasteiger partial charge in [-0.05, 0) is 45.0 Å². The molecule has 2 rings (SSSR count). The average molecular weight is 283 g/mol. The van der Waals surface area contributed by atoms with Crippen LogP contribution in [0.2, 0.25) is 0 Å². The van der Waals surface area contributed by atoms with Crippen LogP contribution in [0.4, 0.5) is 0 Å². The number of aryl methyl sites for hydroxylation is 1. The van der Waals surface area contributed by atoms with Crippen molar-refractivity contribution in [2.75, 3.05) is 19.8 Å². The van der Waals surface area contributed by atoms with Crippen molar-refractivity contribution < 1.29 is 4.42 Å². The van der Waals surface area contributed by atoms with Crippen molar-refractivity contribution in [2.24, 2.45) is 0 Å². The summed E-state index contributed by atoms with van der Waals surface area (Å²) in [5, 5.41) is 10.9. The number of hydrogen-bond donors (Lipinski definition) is 0. The highest BCUT2D eigenvalue weighted by Gasteiger charge is 2.13. The third-order valence-corrected chi connectivity index (χ3v) is 4.86. The summed E-state index contributed by atoms with van der Waals surface area (Å²) in [5.41, 5.74) is 1.18. The molecule has 0 aliphatic heterocycles. The largest absolute Gasteiger partial charge is 0.410 e. The van der Waals surface area contributed by atoms with Gasteiger partial charge in [0.15, 0.2) is 0 Å². The van der Waals surface area contributed by atoms with Gasteiger partial charge in [-0.1, -0.05) is 11.8 Å². The summed E-state index contributed by atoms with van der Waals surface area (Å²) >= 11 is 3.24. The van der Waals surface area contributed by atoms with E-state index in [0.29, 0.717) is 17.2 Å². The topological polar surface area (TPSA) is 42.2 Å². The monoisotopic (exact) mass is 283 g/mol. The zero-order chi connectivity index (χ0) is 13.1. The number of thiophene rings is 1. The lowest BCUT2D eigenvalue weighted by Crippen LogP contribution is -2.26. The molecule has 2 aromatic rings. The molecule has 2 heterocycles. The summed E-state index contributed by atoms with van der Waals surface area (Å²) in [6.45, 7) is 4.23. The number of rotatable bonds is 5. The predicted octanol–water partition coefficient (Wildman–Crippen LogP) is 3.15. The first-order valence-corrected chi connectivity index (χ1v) is 7.61. The van der Waals surface area contributed by atoms with E-state index in [-0.39, 0.29) is 0 Å². The van der Waals surface area contributed by atoms with Gasteiger partial charge in [0.25, 0.3) is 11.1 Å². The summed E-state index contributed by atoms with van der Waals surface area (Å²) in [6, 6.07) is 2.54. The minimum absolute atomic E-state index is 0.480. The molecule has 2 aromatic heterocycles. The lowest BCUT2D eigenvalue weighted by atomic mass is 10.3. The van der Waals surface area contributed by atoms with Crippen molar-refractivity contribution in [3.05, 3.63) is 17.0 Å². The van der Waals surface area contributed by atoms with Crippen molar-refractivity contribution >= 4 is 23.1 Å². The molecule has 0 radical (unpaired) electrons. The Bertz CT molecular complexity index is 507. The van der Waals surface area contributed by atoms with Crippen LogP contribution < -0.4 is 0 Å². The fraction of sp³-hybridized carbons (Fsp3) is 0.500. The normalized spacial score (nSPS) is 13.2. The third kappa shape index (κ3) is 3.13. The van der Waals surface area contributed by atoms with Gasteiger partial charge in [-0.3, -0.25) is 0 Å². The molecule has 6 heteroatoms. The molecular formula is C12H17N3OS2. The van der Waals surface area contributed by atoms with E-state index in [1.165, 1.54) is 5.56 Å². The van der Waals surface area contributed by atoms with E-state index in [4.69, 9.17) is 4.42 Å². The first-order chi connectivity index (χ1) is 8.58. The Labute approximate surface area is 115 Å². The van der Waals surface area contributed by atoms with Crippen molar-refractivity contribution in [2.45, 2.75) is 25.1 Å². The van der Waals surface area contributed by atoms with Gasteiger partial charge in [0, 0.05) is 11.8 Å². The molecule has 98 valence electrons. The summed E-state index contributed by atoms with van der Waals surface area (Å²) in [4.78, 5) is 3.24. The molecule has 1 atom stereocenters. The van der Waals surface area contributed by atoms with E-state index < -0.39 is 0 Å². The van der Waals surface area contributed by atoms with Gasteiger partial charge in [0.05, 0.1) is 4.88 Å². The lowest BCUT2D eigenvalue weighted by Gasteiger charge is -2.17. The van der Waals surface area contributed by atoms with Crippen LogP contribution in [0.1, 0.15) is 12.5 Å². The van der Waals surface area contributed by atoms with Crippen molar-refractivity contribution in [1.82, 2.24) is 15.1 Å². The minimum Gasteiger partial charge on any atom is -0.410 e. The molecule has 0 spiro atoms. The molecule has 0 fully saturated rings. The zero-order valence-electron chi connectivity index (χ0n) is 11.0. The molecule has 4 nitrogen and oxygen atoms in total. The average Bonchev–Trinajstić information content (AvgIpc) is 2.94. The van der Waals surface area contributed by atoms with Gasteiger partial charge in [-0.25, -0.2) is 0 Å². The molecule has 0 saturated heterocycles. The van der Waals surface area contributed by atoms with Crippen LogP contribution in [-0.4, -0.2) is 41.0 Å². The van der Waals surface area contributed by atoms with Crippen LogP contribution in [0.15, 0.2) is 21.1 Å². The van der Waals surface area contributed by atoms with Crippen LogP contribution in [0.25, 0.3) is 10.8 Å². The van der Waals surface area contributed by atoms with Gasteiger partial charge < -0.3 is 9.32 Å². The van der Waals surface area contributed by atoms with Crippen LogP contribution in [0.5, 0.6) is 0 Å². The van der Waals surface area contributed by atoms with E-state index in [1.54, 1.807) is 23.1 Å². The predicted molar refractivity (Wildman–Crippen MR) is 76.2 cm³/mol. The summed E-state index contributed by atoms with van der Waals surface area (Å²) in [6.07, 6.45) is 0. The summed E-state index contributed by atoms with van der Waals surface area (Å²) in [7, 11) is 4.14. The molecule has 0 saturated carbocycles. The smallest absolute Gasteiger partial charge is 0.276 e. The second-order valence-electron chi connectivity index (χ2n) is 4.43. The first kappa shape index (κ1) is 13.6. The van der Waals surface area contributed by atoms with Gasteiger partial charge >= 0.3 is 0 Å². The van der Waals surface area contributed by atoms with Crippen LogP contribution in [0.3, 0.4) is 0 Å². The highest BCUT2D eigenvalue weighted by Crippen LogP contribution is 2.30. The molecule has 0 aliphatic carbocycles. The fourth-order valence-corrected chi connectivity index (χ4v) is 3.06. The summed E-state index contributed by atoms with van der Waals surface area (Å²) in [5.74, 6) is 1.57. The second-order valence-corrected chi connectivity index (χ2v) is 6.32. The Kier molecular flexibility index (Phi) is 4.42. The molecule has 0 aromatic carbocycles. The molecular weight excluding hydrogens is 266 g/mol. The van der Waals surface area contributed by atoms with E-state index in [0.717, 1.165) is 10.6 Å². The SMILES string of the molecule is Cc1ccsc1-c1nnc(SCC(C)N(C)C)o1.